The molecule has 0 unspecified atom stereocenters. The number of hydrogen-bond donors (Lipinski definition) is 1. The van der Waals surface area contributed by atoms with Gasteiger partial charge in [-0.2, -0.15) is 5.26 Å². The molecule has 160 valence electrons. The Morgan fingerprint density at radius 1 is 1.12 bits per heavy atom. The molecule has 0 atom stereocenters. The third-order valence-electron chi connectivity index (χ3n) is 4.88. The molecule has 0 radical (unpaired) electrons. The number of ether oxygens (including phenoxy) is 2. The summed E-state index contributed by atoms with van der Waals surface area (Å²) in [6.07, 6.45) is 1.79. The molecule has 5 nitrogen and oxygen atoms in total. The molecule has 0 aliphatic rings. The third-order valence-corrected chi connectivity index (χ3v) is 5.47. The van der Waals surface area contributed by atoms with Gasteiger partial charge < -0.3 is 14.5 Å². The Kier molecular flexibility index (Phi) is 6.58. The van der Waals surface area contributed by atoms with Crippen molar-refractivity contribution >= 4 is 38.6 Å². The molecule has 0 saturated heterocycles. The van der Waals surface area contributed by atoms with Gasteiger partial charge in [-0.25, -0.2) is 4.98 Å². The fourth-order valence-electron chi connectivity index (χ4n) is 3.38. The van der Waals surface area contributed by atoms with Crippen molar-refractivity contribution < 1.29 is 9.47 Å². The number of halogens is 1. The van der Waals surface area contributed by atoms with Gasteiger partial charge in [0.1, 0.15) is 18.5 Å². The summed E-state index contributed by atoms with van der Waals surface area (Å²) in [5.41, 5.74) is 5.17. The number of imidazole rings is 1. The third kappa shape index (κ3) is 4.84. The molecular formula is C26H22BrN3O2. The van der Waals surface area contributed by atoms with E-state index in [1.165, 1.54) is 0 Å². The predicted octanol–water partition coefficient (Wildman–Crippen LogP) is 6.68. The van der Waals surface area contributed by atoms with E-state index in [4.69, 9.17) is 9.47 Å². The zero-order valence-corrected chi connectivity index (χ0v) is 19.4. The van der Waals surface area contributed by atoms with Gasteiger partial charge in [-0.15, -0.1) is 0 Å². The lowest BCUT2D eigenvalue weighted by Crippen LogP contribution is -2.01. The lowest BCUT2D eigenvalue weighted by Gasteiger charge is -2.15. The number of aryl methyl sites for hydroxylation is 1. The molecule has 0 fully saturated rings. The molecule has 0 spiro atoms. The first-order valence-electron chi connectivity index (χ1n) is 10.3. The topological polar surface area (TPSA) is 70.9 Å². The van der Waals surface area contributed by atoms with Crippen LogP contribution in [-0.4, -0.2) is 16.6 Å². The van der Waals surface area contributed by atoms with Gasteiger partial charge in [-0.3, -0.25) is 0 Å². The highest BCUT2D eigenvalue weighted by Crippen LogP contribution is 2.38. The van der Waals surface area contributed by atoms with Crippen LogP contribution in [0.3, 0.4) is 0 Å². The molecule has 0 aliphatic carbocycles. The van der Waals surface area contributed by atoms with Crippen molar-refractivity contribution in [2.45, 2.75) is 20.5 Å². The number of nitriles is 1. The van der Waals surface area contributed by atoms with Crippen molar-refractivity contribution in [1.29, 1.82) is 5.26 Å². The Balaban J connectivity index is 1.67. The molecular weight excluding hydrogens is 466 g/mol. The lowest BCUT2D eigenvalue weighted by atomic mass is 10.1. The van der Waals surface area contributed by atoms with Crippen molar-refractivity contribution in [3.05, 3.63) is 87.7 Å². The number of nitrogens with one attached hydrogen (secondary N) is 1. The second-order valence-electron chi connectivity index (χ2n) is 7.31. The summed E-state index contributed by atoms with van der Waals surface area (Å²) in [6, 6.07) is 22.0. The van der Waals surface area contributed by atoms with Gasteiger partial charge in [0.15, 0.2) is 11.5 Å². The molecule has 0 aliphatic heterocycles. The number of nitrogens with zero attached hydrogens (tertiary/aromatic N) is 2. The first-order chi connectivity index (χ1) is 15.6. The van der Waals surface area contributed by atoms with Crippen molar-refractivity contribution in [1.82, 2.24) is 9.97 Å². The minimum absolute atomic E-state index is 0.427. The molecule has 3 aromatic carbocycles. The van der Waals surface area contributed by atoms with E-state index in [9.17, 15) is 5.26 Å². The second kappa shape index (κ2) is 9.71. The molecule has 1 heterocycles. The number of rotatable bonds is 7. The Bertz CT molecular complexity index is 1320. The standard InChI is InChI=1S/C26H22BrN3O2/c1-3-31-24-14-19(13-21(27)25(24)32-16-18-7-5-4-6-8-18)12-20(15-28)26-29-22-10-9-17(2)11-23(22)30-26/h4-14H,3,16H2,1-2H3,(H,29,30). The zero-order valence-electron chi connectivity index (χ0n) is 17.9. The van der Waals surface area contributed by atoms with Gasteiger partial charge in [-0.1, -0.05) is 36.4 Å². The average Bonchev–Trinajstić information content (AvgIpc) is 3.20. The van der Waals surface area contributed by atoms with Crippen molar-refractivity contribution in [2.75, 3.05) is 6.61 Å². The molecule has 1 N–H and O–H groups in total. The molecule has 4 aromatic rings. The van der Waals surface area contributed by atoms with Crippen molar-refractivity contribution in [3.63, 3.8) is 0 Å². The van der Waals surface area contributed by atoms with E-state index in [0.29, 0.717) is 36.1 Å². The Labute approximate surface area is 195 Å². The number of fused-ring (bicyclic) bond motifs is 1. The minimum atomic E-state index is 0.427. The average molecular weight is 488 g/mol. The number of hydrogen-bond acceptors (Lipinski definition) is 4. The van der Waals surface area contributed by atoms with Crippen LogP contribution < -0.4 is 9.47 Å². The summed E-state index contributed by atoms with van der Waals surface area (Å²) in [7, 11) is 0. The Morgan fingerprint density at radius 3 is 2.69 bits per heavy atom. The number of H-pyrrole nitrogens is 1. The normalized spacial score (nSPS) is 11.4. The van der Waals surface area contributed by atoms with E-state index in [-0.39, 0.29) is 0 Å². The quantitative estimate of drug-likeness (QED) is 0.295. The first kappa shape index (κ1) is 21.7. The van der Waals surface area contributed by atoms with E-state index in [2.05, 4.69) is 32.0 Å². The summed E-state index contributed by atoms with van der Waals surface area (Å²) in [5.74, 6) is 1.78. The summed E-state index contributed by atoms with van der Waals surface area (Å²) in [5, 5.41) is 9.78. The maximum atomic E-state index is 9.78. The number of aromatic nitrogens is 2. The van der Waals surface area contributed by atoms with E-state index in [0.717, 1.165) is 32.2 Å². The van der Waals surface area contributed by atoms with Gasteiger partial charge in [0.25, 0.3) is 0 Å². The van der Waals surface area contributed by atoms with Crippen LogP contribution in [0.4, 0.5) is 0 Å². The van der Waals surface area contributed by atoms with Gasteiger partial charge in [0, 0.05) is 0 Å². The number of allylic oxidation sites excluding steroid dienone is 1. The highest BCUT2D eigenvalue weighted by atomic mass is 79.9. The monoisotopic (exact) mass is 487 g/mol. The number of benzene rings is 3. The molecule has 0 saturated carbocycles. The SMILES string of the molecule is CCOc1cc(C=C(C#N)c2nc3ccc(C)cc3[nH]2)cc(Br)c1OCc1ccccc1. The summed E-state index contributed by atoms with van der Waals surface area (Å²) in [6.45, 7) is 4.87. The van der Waals surface area contributed by atoms with Gasteiger partial charge in [-0.05, 0) is 76.8 Å². The summed E-state index contributed by atoms with van der Waals surface area (Å²) >= 11 is 3.61. The Morgan fingerprint density at radius 2 is 1.94 bits per heavy atom. The van der Waals surface area contributed by atoms with Crippen LogP contribution in [0.1, 0.15) is 29.4 Å². The first-order valence-corrected chi connectivity index (χ1v) is 11.1. The molecule has 4 rings (SSSR count). The smallest absolute Gasteiger partial charge is 0.175 e. The maximum Gasteiger partial charge on any atom is 0.175 e. The molecule has 1 aromatic heterocycles. The van der Waals surface area contributed by atoms with Crippen LogP contribution in [0.15, 0.2) is 65.1 Å². The maximum absolute atomic E-state index is 9.78. The van der Waals surface area contributed by atoms with E-state index in [1.54, 1.807) is 6.08 Å². The zero-order chi connectivity index (χ0) is 22.5. The van der Waals surface area contributed by atoms with E-state index >= 15 is 0 Å². The summed E-state index contributed by atoms with van der Waals surface area (Å²) < 4.78 is 12.6. The van der Waals surface area contributed by atoms with Crippen LogP contribution in [0.2, 0.25) is 0 Å². The highest BCUT2D eigenvalue weighted by Gasteiger charge is 2.14. The fraction of sp³-hybridized carbons (Fsp3) is 0.154. The van der Waals surface area contributed by atoms with Gasteiger partial charge in [0.05, 0.1) is 27.7 Å². The molecule has 6 heteroatoms. The largest absolute Gasteiger partial charge is 0.490 e. The fourth-order valence-corrected chi connectivity index (χ4v) is 3.95. The van der Waals surface area contributed by atoms with E-state index in [1.807, 2.05) is 74.5 Å². The van der Waals surface area contributed by atoms with Crippen LogP contribution in [0.25, 0.3) is 22.7 Å². The Hall–Kier alpha value is -3.56. The number of aromatic amines is 1. The lowest BCUT2D eigenvalue weighted by molar-refractivity contribution is 0.267. The molecule has 0 amide bonds. The van der Waals surface area contributed by atoms with Crippen LogP contribution in [-0.2, 0) is 6.61 Å². The van der Waals surface area contributed by atoms with Crippen LogP contribution in [0, 0.1) is 18.3 Å². The second-order valence-corrected chi connectivity index (χ2v) is 8.17. The van der Waals surface area contributed by atoms with Crippen molar-refractivity contribution in [2.24, 2.45) is 0 Å². The minimum Gasteiger partial charge on any atom is -0.490 e. The van der Waals surface area contributed by atoms with Crippen LogP contribution >= 0.6 is 15.9 Å². The highest BCUT2D eigenvalue weighted by molar-refractivity contribution is 9.10. The van der Waals surface area contributed by atoms with Crippen molar-refractivity contribution in [3.8, 4) is 17.6 Å². The molecule has 0 bridgehead atoms. The van der Waals surface area contributed by atoms with Gasteiger partial charge >= 0.3 is 0 Å². The van der Waals surface area contributed by atoms with E-state index < -0.39 is 0 Å². The van der Waals surface area contributed by atoms with Gasteiger partial charge in [0.2, 0.25) is 0 Å². The predicted molar refractivity (Wildman–Crippen MR) is 130 cm³/mol. The summed E-state index contributed by atoms with van der Waals surface area (Å²) in [4.78, 5) is 7.81. The molecule has 32 heavy (non-hydrogen) atoms. The van der Waals surface area contributed by atoms with Crippen LogP contribution in [0.5, 0.6) is 11.5 Å².